The lowest BCUT2D eigenvalue weighted by Crippen LogP contribution is -3.00. The zero-order chi connectivity index (χ0) is 25.3. The van der Waals surface area contributed by atoms with Crippen molar-refractivity contribution in [3.05, 3.63) is 0 Å². The van der Waals surface area contributed by atoms with E-state index in [9.17, 15) is 0 Å². The van der Waals surface area contributed by atoms with Gasteiger partial charge >= 0.3 is 0 Å². The average Bonchev–Trinajstić information content (AvgIpc) is 2.87. The number of hydrogen-bond donors (Lipinski definition) is 1. The number of nitrogens with two attached hydrogens (primary N) is 1. The zero-order valence-electron chi connectivity index (χ0n) is 25.6. The van der Waals surface area contributed by atoms with Crippen molar-refractivity contribution < 1.29 is 22.3 Å². The molecule has 0 aliphatic rings. The van der Waals surface area contributed by atoms with E-state index < -0.39 is 0 Å². The fraction of sp³-hybridized carbons (Fsp3) is 1.00. The van der Waals surface area contributed by atoms with Crippen molar-refractivity contribution in [2.45, 2.75) is 206 Å². The Morgan fingerprint density at radius 2 is 0.417 bits per heavy atom. The van der Waals surface area contributed by atoms with Gasteiger partial charge in [-0.3, -0.25) is 0 Å². The third-order valence-corrected chi connectivity index (χ3v) is 8.02. The molecule has 2 heteroatoms. The van der Waals surface area contributed by atoms with Gasteiger partial charge in [0.05, 0.1) is 13.1 Å². The topological polar surface area (TPSA) is 16.6 Å². The quantitative estimate of drug-likeness (QED) is 0.0779. The van der Waals surface area contributed by atoms with Crippen LogP contribution in [0.4, 0.5) is 0 Å². The Hall–Kier alpha value is 0.440. The molecule has 0 aromatic heterocycles. The van der Waals surface area contributed by atoms with Crippen LogP contribution in [0, 0.1) is 0 Å². The second-order valence-corrected chi connectivity index (χ2v) is 11.8. The van der Waals surface area contributed by atoms with Gasteiger partial charge in [0.25, 0.3) is 0 Å². The van der Waals surface area contributed by atoms with Gasteiger partial charge in [-0.25, -0.2) is 0 Å². The summed E-state index contributed by atoms with van der Waals surface area (Å²) in [6.07, 6.45) is 44.1. The first-order valence-corrected chi connectivity index (χ1v) is 17.2. The van der Waals surface area contributed by atoms with E-state index in [1.54, 1.807) is 0 Å². The molecule has 0 aromatic carbocycles. The van der Waals surface area contributed by atoms with Crippen LogP contribution in [-0.4, -0.2) is 13.1 Å². The van der Waals surface area contributed by atoms with Crippen LogP contribution >= 0.6 is 0 Å². The number of unbranched alkanes of at least 4 members (excludes halogenated alkanes) is 28. The molecule has 0 unspecified atom stereocenters. The van der Waals surface area contributed by atoms with E-state index in [1.165, 1.54) is 206 Å². The maximum atomic E-state index is 2.59. The van der Waals surface area contributed by atoms with Gasteiger partial charge in [0, 0.05) is 0 Å². The minimum absolute atomic E-state index is 0. The first kappa shape index (κ1) is 38.6. The van der Waals surface area contributed by atoms with Crippen molar-refractivity contribution in [3.63, 3.8) is 0 Å². The summed E-state index contributed by atoms with van der Waals surface area (Å²) in [7, 11) is 0. The molecule has 0 bridgehead atoms. The van der Waals surface area contributed by atoms with E-state index >= 15 is 0 Å². The fourth-order valence-corrected chi connectivity index (χ4v) is 5.46. The lowest BCUT2D eigenvalue weighted by atomic mass is 10.0. The van der Waals surface area contributed by atoms with Crippen molar-refractivity contribution in [1.29, 1.82) is 0 Å². The lowest BCUT2D eigenvalue weighted by Gasteiger charge is -2.04. The molecule has 0 saturated heterocycles. The minimum atomic E-state index is 0. The van der Waals surface area contributed by atoms with Gasteiger partial charge in [-0.2, -0.15) is 0 Å². The van der Waals surface area contributed by atoms with Crippen LogP contribution in [0.25, 0.3) is 0 Å². The molecule has 0 aliphatic carbocycles. The van der Waals surface area contributed by atoms with Crippen molar-refractivity contribution >= 4 is 0 Å². The summed E-state index contributed by atoms with van der Waals surface area (Å²) in [6.45, 7) is 7.36. The number of hydrogen-bond acceptors (Lipinski definition) is 0. The Bertz CT molecular complexity index is 314. The molecular weight excluding hydrogens is 502 g/mol. The predicted molar refractivity (Wildman–Crippen MR) is 162 cm³/mol. The lowest BCUT2D eigenvalue weighted by molar-refractivity contribution is -0.655. The SMILES string of the molecule is CCCCCCCCCCCCCCCCC[NH2+]CCCCCCCCCCCCCCCCC.[Br-]. The highest BCUT2D eigenvalue weighted by Crippen LogP contribution is 2.14. The van der Waals surface area contributed by atoms with Gasteiger partial charge < -0.3 is 22.3 Å². The molecule has 0 radical (unpaired) electrons. The normalized spacial score (nSPS) is 11.2. The fourth-order valence-electron chi connectivity index (χ4n) is 5.46. The standard InChI is InChI=1S/C34H71N.BrH/c1-3-5-7-9-11-13-15-17-19-21-23-25-27-29-31-33-35-34-32-30-28-26-24-22-20-18-16-14-12-10-8-6-4-2;/h35H,3-34H2,1-2H3;1H. The van der Waals surface area contributed by atoms with Crippen LogP contribution < -0.4 is 22.3 Å². The largest absolute Gasteiger partial charge is 1.00 e. The van der Waals surface area contributed by atoms with Crippen LogP contribution in [0.1, 0.15) is 206 Å². The maximum absolute atomic E-state index is 2.59. The van der Waals surface area contributed by atoms with Crippen molar-refractivity contribution in [1.82, 2.24) is 0 Å². The zero-order valence-corrected chi connectivity index (χ0v) is 27.2. The van der Waals surface area contributed by atoms with Crippen LogP contribution in [0.5, 0.6) is 0 Å². The number of rotatable bonds is 32. The molecule has 0 rings (SSSR count). The molecule has 0 heterocycles. The number of halogens is 1. The van der Waals surface area contributed by atoms with Crippen LogP contribution in [0.15, 0.2) is 0 Å². The molecular formula is C34H72BrN. The highest BCUT2D eigenvalue weighted by Gasteiger charge is 1.97. The first-order valence-electron chi connectivity index (χ1n) is 17.2. The smallest absolute Gasteiger partial charge is 0.0755 e. The van der Waals surface area contributed by atoms with E-state index in [0.29, 0.717) is 0 Å². The highest BCUT2D eigenvalue weighted by molar-refractivity contribution is 4.51. The average molecular weight is 575 g/mol. The molecule has 1 nitrogen and oxygen atoms in total. The van der Waals surface area contributed by atoms with E-state index in [0.717, 1.165) is 0 Å². The van der Waals surface area contributed by atoms with E-state index in [4.69, 9.17) is 0 Å². The summed E-state index contributed by atoms with van der Waals surface area (Å²) < 4.78 is 0. The van der Waals surface area contributed by atoms with Crippen molar-refractivity contribution in [2.75, 3.05) is 13.1 Å². The highest BCUT2D eigenvalue weighted by atomic mass is 79.9. The summed E-state index contributed by atoms with van der Waals surface area (Å²) in [4.78, 5) is 0. The summed E-state index contributed by atoms with van der Waals surface area (Å²) in [5, 5.41) is 2.59. The van der Waals surface area contributed by atoms with Gasteiger partial charge in [0.1, 0.15) is 0 Å². The second kappa shape index (κ2) is 37.6. The van der Waals surface area contributed by atoms with Gasteiger partial charge in [0.2, 0.25) is 0 Å². The monoisotopic (exact) mass is 573 g/mol. The molecule has 0 aliphatic heterocycles. The van der Waals surface area contributed by atoms with Crippen molar-refractivity contribution in [2.24, 2.45) is 0 Å². The Balaban J connectivity index is 0. The minimum Gasteiger partial charge on any atom is -1.00 e. The van der Waals surface area contributed by atoms with Crippen LogP contribution in [-0.2, 0) is 0 Å². The van der Waals surface area contributed by atoms with E-state index in [2.05, 4.69) is 19.2 Å². The second-order valence-electron chi connectivity index (χ2n) is 11.8. The summed E-state index contributed by atoms with van der Waals surface area (Å²) in [5.41, 5.74) is 0. The third-order valence-electron chi connectivity index (χ3n) is 8.02. The predicted octanol–water partition coefficient (Wildman–Crippen LogP) is 8.30. The molecule has 220 valence electrons. The molecule has 36 heavy (non-hydrogen) atoms. The molecule has 0 aromatic rings. The molecule has 0 saturated carbocycles. The maximum Gasteiger partial charge on any atom is 0.0755 e. The molecule has 0 amide bonds. The summed E-state index contributed by atoms with van der Waals surface area (Å²) >= 11 is 0. The summed E-state index contributed by atoms with van der Waals surface area (Å²) in [5.74, 6) is 0. The molecule has 2 N–H and O–H groups in total. The number of quaternary nitrogens is 1. The van der Waals surface area contributed by atoms with Gasteiger partial charge in [-0.1, -0.05) is 181 Å². The van der Waals surface area contributed by atoms with Crippen molar-refractivity contribution in [3.8, 4) is 0 Å². The Morgan fingerprint density at radius 3 is 0.611 bits per heavy atom. The van der Waals surface area contributed by atoms with Gasteiger partial charge in [-0.05, 0) is 25.7 Å². The Kier molecular flexibility index (Phi) is 40.3. The molecule has 0 atom stereocenters. The van der Waals surface area contributed by atoms with Gasteiger partial charge in [0.15, 0.2) is 0 Å². The van der Waals surface area contributed by atoms with E-state index in [-0.39, 0.29) is 17.0 Å². The summed E-state index contributed by atoms with van der Waals surface area (Å²) in [6, 6.07) is 0. The third kappa shape index (κ3) is 36.6. The molecule has 0 spiro atoms. The van der Waals surface area contributed by atoms with Crippen LogP contribution in [0.3, 0.4) is 0 Å². The Morgan fingerprint density at radius 1 is 0.250 bits per heavy atom. The Labute approximate surface area is 241 Å². The first-order chi connectivity index (χ1) is 17.4. The van der Waals surface area contributed by atoms with Gasteiger partial charge in [-0.15, -0.1) is 0 Å². The van der Waals surface area contributed by atoms with Crippen LogP contribution in [0.2, 0.25) is 0 Å². The molecule has 0 fully saturated rings. The van der Waals surface area contributed by atoms with E-state index in [1.807, 2.05) is 0 Å².